The Morgan fingerprint density at radius 3 is 2.44 bits per heavy atom. The van der Waals surface area contributed by atoms with E-state index in [0.29, 0.717) is 28.3 Å². The third-order valence-electron chi connectivity index (χ3n) is 5.09. The van der Waals surface area contributed by atoms with Crippen molar-refractivity contribution in [2.75, 3.05) is 7.05 Å². The van der Waals surface area contributed by atoms with Crippen molar-refractivity contribution < 1.29 is 14.3 Å². The van der Waals surface area contributed by atoms with Gasteiger partial charge in [0.25, 0.3) is 11.8 Å². The van der Waals surface area contributed by atoms with E-state index >= 15 is 0 Å². The van der Waals surface area contributed by atoms with E-state index in [1.54, 1.807) is 18.2 Å². The number of hydrogen-bond acceptors (Lipinski definition) is 4. The van der Waals surface area contributed by atoms with Crippen LogP contribution in [0.3, 0.4) is 0 Å². The number of carbonyl (C=O) groups is 2. The van der Waals surface area contributed by atoms with Crippen molar-refractivity contribution in [1.29, 1.82) is 0 Å². The van der Waals surface area contributed by atoms with Gasteiger partial charge in [-0.25, -0.2) is 4.99 Å². The van der Waals surface area contributed by atoms with E-state index in [0.717, 1.165) is 10.5 Å². The van der Waals surface area contributed by atoms with Crippen LogP contribution in [0.4, 0.5) is 5.69 Å². The monoisotopic (exact) mass is 362 g/mol. The summed E-state index contributed by atoms with van der Waals surface area (Å²) < 4.78 is 6.41. The molecule has 2 amide bonds. The van der Waals surface area contributed by atoms with Gasteiger partial charge >= 0.3 is 0 Å². The van der Waals surface area contributed by atoms with Gasteiger partial charge in [0.05, 0.1) is 5.69 Å². The minimum atomic E-state index is -1.41. The zero-order chi connectivity index (χ0) is 19.6. The number of likely N-dealkylation sites (N-methyl/N-ethyl adjacent to an activating group) is 1. The predicted molar refractivity (Wildman–Crippen MR) is 103 cm³/mol. The Balaban J connectivity index is 2.11. The number of benzene rings is 2. The van der Waals surface area contributed by atoms with Crippen molar-refractivity contribution in [1.82, 2.24) is 4.90 Å². The average molecular weight is 362 g/mol. The Kier molecular flexibility index (Phi) is 3.57. The van der Waals surface area contributed by atoms with Crippen molar-refractivity contribution in [3.63, 3.8) is 0 Å². The van der Waals surface area contributed by atoms with Crippen LogP contribution >= 0.6 is 0 Å². The predicted octanol–water partition coefficient (Wildman–Crippen LogP) is 3.96. The van der Waals surface area contributed by atoms with E-state index in [4.69, 9.17) is 9.73 Å². The SMILES string of the molecule is Cc1ccc2c(c1)N=C(C(C)(C)C)OC21C(=O)N(C)C(=O)c2ccccc21. The largest absolute Gasteiger partial charge is 0.454 e. The first-order valence-corrected chi connectivity index (χ1v) is 8.97. The lowest BCUT2D eigenvalue weighted by Crippen LogP contribution is -2.57. The molecule has 0 radical (unpaired) electrons. The third-order valence-corrected chi connectivity index (χ3v) is 5.09. The second kappa shape index (κ2) is 5.52. The maximum atomic E-state index is 13.5. The fourth-order valence-electron chi connectivity index (χ4n) is 3.64. The summed E-state index contributed by atoms with van der Waals surface area (Å²) in [7, 11) is 1.50. The zero-order valence-electron chi connectivity index (χ0n) is 16.2. The first-order chi connectivity index (χ1) is 12.7. The van der Waals surface area contributed by atoms with Crippen molar-refractivity contribution in [3.05, 3.63) is 64.7 Å². The molecule has 2 aliphatic heterocycles. The highest BCUT2D eigenvalue weighted by Crippen LogP contribution is 2.49. The molecule has 5 heteroatoms. The molecule has 2 aliphatic rings. The molecule has 5 nitrogen and oxygen atoms in total. The van der Waals surface area contributed by atoms with Crippen LogP contribution in [0.1, 0.15) is 47.8 Å². The molecule has 0 aliphatic carbocycles. The van der Waals surface area contributed by atoms with Crippen LogP contribution in [-0.4, -0.2) is 29.7 Å². The van der Waals surface area contributed by atoms with Crippen LogP contribution < -0.4 is 0 Å². The van der Waals surface area contributed by atoms with Gasteiger partial charge in [0.2, 0.25) is 5.60 Å². The summed E-state index contributed by atoms with van der Waals surface area (Å²) in [6, 6.07) is 12.9. The van der Waals surface area contributed by atoms with E-state index in [2.05, 4.69) is 0 Å². The Bertz CT molecular complexity index is 1020. The van der Waals surface area contributed by atoms with Crippen molar-refractivity contribution >= 4 is 23.4 Å². The molecular weight excluding hydrogens is 340 g/mol. The van der Waals surface area contributed by atoms with Crippen LogP contribution in [0.15, 0.2) is 47.5 Å². The molecule has 0 aromatic heterocycles. The van der Waals surface area contributed by atoms with E-state index in [-0.39, 0.29) is 5.91 Å². The molecule has 2 aromatic rings. The fraction of sp³-hybridized carbons (Fsp3) is 0.318. The molecule has 0 bridgehead atoms. The highest BCUT2D eigenvalue weighted by molar-refractivity contribution is 6.15. The standard InChI is InChI=1S/C22H22N2O3/c1-13-10-11-16-17(12-13)23-19(21(2,3)4)27-22(16)15-9-7-6-8-14(15)18(25)24(5)20(22)26/h6-12H,1-5H3. The van der Waals surface area contributed by atoms with E-state index in [1.165, 1.54) is 7.05 Å². The van der Waals surface area contributed by atoms with Crippen molar-refractivity contribution in [3.8, 4) is 0 Å². The number of amides is 2. The summed E-state index contributed by atoms with van der Waals surface area (Å²) in [4.78, 5) is 32.1. The van der Waals surface area contributed by atoms with Gasteiger partial charge < -0.3 is 4.74 Å². The minimum Gasteiger partial charge on any atom is -0.454 e. The van der Waals surface area contributed by atoms with E-state index < -0.39 is 16.9 Å². The number of rotatable bonds is 0. The first kappa shape index (κ1) is 17.5. The number of fused-ring (bicyclic) bond motifs is 4. The Morgan fingerprint density at radius 1 is 1.04 bits per heavy atom. The molecule has 4 rings (SSSR count). The summed E-state index contributed by atoms with van der Waals surface area (Å²) >= 11 is 0. The average Bonchev–Trinajstić information content (AvgIpc) is 2.63. The lowest BCUT2D eigenvalue weighted by Gasteiger charge is -2.44. The van der Waals surface area contributed by atoms with Gasteiger partial charge in [0.1, 0.15) is 0 Å². The Labute approximate surface area is 158 Å². The highest BCUT2D eigenvalue weighted by atomic mass is 16.5. The molecule has 0 N–H and O–H groups in total. The molecule has 1 unspecified atom stereocenters. The summed E-state index contributed by atoms with van der Waals surface area (Å²) in [6.07, 6.45) is 0. The number of nitrogens with zero attached hydrogens (tertiary/aromatic N) is 2. The molecular formula is C22H22N2O3. The first-order valence-electron chi connectivity index (χ1n) is 8.97. The number of imide groups is 1. The summed E-state index contributed by atoms with van der Waals surface area (Å²) in [5, 5.41) is 0. The molecule has 1 atom stereocenters. The second-order valence-electron chi connectivity index (χ2n) is 8.19. The quantitative estimate of drug-likeness (QED) is 0.667. The molecule has 27 heavy (non-hydrogen) atoms. The summed E-state index contributed by atoms with van der Waals surface area (Å²) in [5.41, 5.74) is 1.65. The minimum absolute atomic E-state index is 0.321. The van der Waals surface area contributed by atoms with E-state index in [9.17, 15) is 9.59 Å². The van der Waals surface area contributed by atoms with Gasteiger partial charge in [-0.05, 0) is 24.6 Å². The maximum Gasteiger partial charge on any atom is 0.283 e. The molecule has 0 fully saturated rings. The van der Waals surface area contributed by atoms with Gasteiger partial charge in [0, 0.05) is 29.2 Å². The van der Waals surface area contributed by atoms with Gasteiger partial charge in [-0.15, -0.1) is 0 Å². The van der Waals surface area contributed by atoms with Crippen LogP contribution in [0.2, 0.25) is 0 Å². The topological polar surface area (TPSA) is 59.0 Å². The Morgan fingerprint density at radius 2 is 1.74 bits per heavy atom. The van der Waals surface area contributed by atoms with Gasteiger partial charge in [-0.2, -0.15) is 0 Å². The van der Waals surface area contributed by atoms with Gasteiger partial charge in [-0.3, -0.25) is 14.5 Å². The summed E-state index contributed by atoms with van der Waals surface area (Å²) in [5.74, 6) is -0.238. The van der Waals surface area contributed by atoms with Gasteiger partial charge in [0.15, 0.2) is 5.90 Å². The van der Waals surface area contributed by atoms with Crippen molar-refractivity contribution in [2.45, 2.75) is 33.3 Å². The lowest BCUT2D eigenvalue weighted by molar-refractivity contribution is -0.144. The molecule has 2 aromatic carbocycles. The van der Waals surface area contributed by atoms with Gasteiger partial charge in [-0.1, -0.05) is 51.1 Å². The number of aliphatic imine (C=N–C) groups is 1. The third kappa shape index (κ3) is 2.34. The number of carbonyl (C=O) groups excluding carboxylic acids is 2. The van der Waals surface area contributed by atoms with E-state index in [1.807, 2.05) is 52.0 Å². The number of hydrogen-bond donors (Lipinski definition) is 0. The molecule has 2 heterocycles. The Hall–Kier alpha value is -2.95. The fourth-order valence-corrected chi connectivity index (χ4v) is 3.64. The molecule has 138 valence electrons. The number of aryl methyl sites for hydroxylation is 1. The smallest absolute Gasteiger partial charge is 0.283 e. The molecule has 1 spiro atoms. The molecule has 0 saturated heterocycles. The molecule has 0 saturated carbocycles. The van der Waals surface area contributed by atoms with Crippen LogP contribution in [0.5, 0.6) is 0 Å². The normalized spacial score (nSPS) is 21.5. The van der Waals surface area contributed by atoms with Crippen LogP contribution in [-0.2, 0) is 15.1 Å². The second-order valence-corrected chi connectivity index (χ2v) is 8.19. The zero-order valence-corrected chi connectivity index (χ0v) is 16.2. The van der Waals surface area contributed by atoms with Crippen molar-refractivity contribution in [2.24, 2.45) is 10.4 Å². The summed E-state index contributed by atoms with van der Waals surface area (Å²) in [6.45, 7) is 7.97. The number of ether oxygens (including phenoxy) is 1. The van der Waals surface area contributed by atoms with Crippen LogP contribution in [0.25, 0.3) is 0 Å². The maximum absolute atomic E-state index is 13.5. The lowest BCUT2D eigenvalue weighted by atomic mass is 9.77. The highest BCUT2D eigenvalue weighted by Gasteiger charge is 2.56. The van der Waals surface area contributed by atoms with Crippen LogP contribution in [0, 0.1) is 12.3 Å².